The van der Waals surface area contributed by atoms with Gasteiger partial charge in [0.25, 0.3) is 0 Å². The van der Waals surface area contributed by atoms with Gasteiger partial charge in [-0.2, -0.15) is 0 Å². The number of nitrogens with one attached hydrogen (secondary N) is 1. The fraction of sp³-hybridized carbons (Fsp3) is 0.571. The summed E-state index contributed by atoms with van der Waals surface area (Å²) in [6.07, 6.45) is 5.56. The van der Waals surface area contributed by atoms with Crippen LogP contribution in [0, 0.1) is 5.92 Å². The normalized spacial score (nSPS) is 32.8. The SMILES string of the molecule is c1cc2c3c(c1)C(C1CC1)NCC3CC2. The molecule has 0 saturated heterocycles. The Bertz CT molecular complexity index is 406. The Balaban J connectivity index is 1.87. The van der Waals surface area contributed by atoms with Gasteiger partial charge in [-0.15, -0.1) is 0 Å². The molecule has 4 rings (SSSR count). The Kier molecular flexibility index (Phi) is 1.59. The van der Waals surface area contributed by atoms with Gasteiger partial charge in [0.2, 0.25) is 0 Å². The van der Waals surface area contributed by atoms with Crippen molar-refractivity contribution in [2.75, 3.05) is 6.54 Å². The van der Waals surface area contributed by atoms with Crippen molar-refractivity contribution in [2.45, 2.75) is 37.6 Å². The highest BCUT2D eigenvalue weighted by atomic mass is 14.9. The molecular weight excluding hydrogens is 182 g/mol. The summed E-state index contributed by atoms with van der Waals surface area (Å²) in [5.74, 6) is 1.77. The van der Waals surface area contributed by atoms with Crippen molar-refractivity contribution >= 4 is 0 Å². The number of hydrogen-bond acceptors (Lipinski definition) is 1. The largest absolute Gasteiger partial charge is 0.309 e. The van der Waals surface area contributed by atoms with Gasteiger partial charge in [0.05, 0.1) is 0 Å². The van der Waals surface area contributed by atoms with Crippen molar-refractivity contribution < 1.29 is 0 Å². The molecule has 0 spiro atoms. The van der Waals surface area contributed by atoms with Gasteiger partial charge in [-0.3, -0.25) is 0 Å². The topological polar surface area (TPSA) is 12.0 Å². The van der Waals surface area contributed by atoms with Crippen LogP contribution in [-0.2, 0) is 6.42 Å². The quantitative estimate of drug-likeness (QED) is 0.733. The first-order chi connectivity index (χ1) is 7.43. The molecule has 1 heterocycles. The first-order valence-corrected chi connectivity index (χ1v) is 6.28. The van der Waals surface area contributed by atoms with Gasteiger partial charge in [0.1, 0.15) is 0 Å². The Morgan fingerprint density at radius 2 is 2.07 bits per heavy atom. The monoisotopic (exact) mass is 199 g/mol. The molecule has 15 heavy (non-hydrogen) atoms. The second-order valence-corrected chi connectivity index (χ2v) is 5.38. The van der Waals surface area contributed by atoms with Gasteiger partial charge < -0.3 is 5.32 Å². The van der Waals surface area contributed by atoms with Crippen molar-refractivity contribution in [3.05, 3.63) is 34.9 Å². The summed E-state index contributed by atoms with van der Waals surface area (Å²) in [7, 11) is 0. The molecular formula is C14H17N. The molecule has 1 heteroatoms. The van der Waals surface area contributed by atoms with E-state index in [1.54, 1.807) is 16.7 Å². The second kappa shape index (κ2) is 2.85. The lowest BCUT2D eigenvalue weighted by Gasteiger charge is -2.31. The van der Waals surface area contributed by atoms with Crippen LogP contribution in [0.1, 0.15) is 47.9 Å². The van der Waals surface area contributed by atoms with Crippen LogP contribution in [-0.4, -0.2) is 6.54 Å². The maximum absolute atomic E-state index is 3.77. The molecule has 0 bridgehead atoms. The van der Waals surface area contributed by atoms with E-state index in [2.05, 4.69) is 23.5 Å². The van der Waals surface area contributed by atoms with Crippen molar-refractivity contribution in [3.63, 3.8) is 0 Å². The fourth-order valence-corrected chi connectivity index (χ4v) is 3.53. The van der Waals surface area contributed by atoms with Crippen LogP contribution in [0.3, 0.4) is 0 Å². The van der Waals surface area contributed by atoms with E-state index in [1.165, 1.54) is 32.2 Å². The maximum Gasteiger partial charge on any atom is 0.0351 e. The lowest BCUT2D eigenvalue weighted by atomic mass is 9.86. The number of benzene rings is 1. The van der Waals surface area contributed by atoms with Gasteiger partial charge in [-0.25, -0.2) is 0 Å². The highest BCUT2D eigenvalue weighted by molar-refractivity contribution is 5.45. The predicted octanol–water partition coefficient (Wildman–Crippen LogP) is 2.77. The second-order valence-electron chi connectivity index (χ2n) is 5.38. The standard InChI is InChI=1S/C14H17N/c1-2-9-4-7-11-8-15-14(10-5-6-10)12(3-1)13(9)11/h1-3,10-11,14-15H,4-8H2. The van der Waals surface area contributed by atoms with E-state index in [1.807, 2.05) is 0 Å². The number of rotatable bonds is 1. The molecule has 1 aromatic rings. The minimum atomic E-state index is 0.689. The van der Waals surface area contributed by atoms with Crippen molar-refractivity contribution in [2.24, 2.45) is 5.92 Å². The lowest BCUT2D eigenvalue weighted by molar-refractivity contribution is 0.421. The van der Waals surface area contributed by atoms with Crippen molar-refractivity contribution in [3.8, 4) is 0 Å². The van der Waals surface area contributed by atoms with E-state index in [0.717, 1.165) is 11.8 Å². The van der Waals surface area contributed by atoms with E-state index in [-0.39, 0.29) is 0 Å². The van der Waals surface area contributed by atoms with Gasteiger partial charge in [0.15, 0.2) is 0 Å². The first kappa shape index (κ1) is 8.35. The van der Waals surface area contributed by atoms with Crippen molar-refractivity contribution in [1.29, 1.82) is 0 Å². The van der Waals surface area contributed by atoms with Crippen LogP contribution < -0.4 is 5.32 Å². The molecule has 3 aliphatic rings. The molecule has 2 unspecified atom stereocenters. The molecule has 0 aromatic heterocycles. The van der Waals surface area contributed by atoms with E-state index in [9.17, 15) is 0 Å². The fourth-order valence-electron chi connectivity index (χ4n) is 3.53. The smallest absolute Gasteiger partial charge is 0.0351 e. The lowest BCUT2D eigenvalue weighted by Crippen LogP contribution is -2.33. The minimum absolute atomic E-state index is 0.689. The molecule has 1 nitrogen and oxygen atoms in total. The van der Waals surface area contributed by atoms with Crippen LogP contribution in [0.25, 0.3) is 0 Å². The molecule has 2 aliphatic carbocycles. The van der Waals surface area contributed by atoms with Crippen LogP contribution in [0.5, 0.6) is 0 Å². The van der Waals surface area contributed by atoms with Gasteiger partial charge in [0, 0.05) is 12.6 Å². The Morgan fingerprint density at radius 1 is 1.13 bits per heavy atom. The maximum atomic E-state index is 3.77. The molecule has 0 amide bonds. The van der Waals surface area contributed by atoms with Gasteiger partial charge >= 0.3 is 0 Å². The number of hydrogen-bond donors (Lipinski definition) is 1. The summed E-state index contributed by atoms with van der Waals surface area (Å²) < 4.78 is 0. The molecule has 1 fully saturated rings. The Hall–Kier alpha value is -0.820. The van der Waals surface area contributed by atoms with Crippen LogP contribution in [0.15, 0.2) is 18.2 Å². The van der Waals surface area contributed by atoms with Crippen LogP contribution in [0.4, 0.5) is 0 Å². The average Bonchev–Trinajstić information content (AvgIpc) is 3.03. The first-order valence-electron chi connectivity index (χ1n) is 6.28. The third kappa shape index (κ3) is 1.13. The molecule has 0 radical (unpaired) electrons. The third-order valence-electron chi connectivity index (χ3n) is 4.41. The molecule has 1 aromatic carbocycles. The summed E-state index contributed by atoms with van der Waals surface area (Å²) in [5, 5.41) is 3.77. The summed E-state index contributed by atoms with van der Waals surface area (Å²) in [6.45, 7) is 1.23. The zero-order valence-electron chi connectivity index (χ0n) is 9.00. The third-order valence-corrected chi connectivity index (χ3v) is 4.41. The van der Waals surface area contributed by atoms with Crippen molar-refractivity contribution in [1.82, 2.24) is 5.32 Å². The summed E-state index contributed by atoms with van der Waals surface area (Å²) in [4.78, 5) is 0. The molecule has 1 aliphatic heterocycles. The number of aryl methyl sites for hydroxylation is 1. The summed E-state index contributed by atoms with van der Waals surface area (Å²) >= 11 is 0. The zero-order chi connectivity index (χ0) is 9.83. The zero-order valence-corrected chi connectivity index (χ0v) is 9.00. The molecule has 1 saturated carbocycles. The van der Waals surface area contributed by atoms with E-state index >= 15 is 0 Å². The van der Waals surface area contributed by atoms with Crippen LogP contribution >= 0.6 is 0 Å². The Morgan fingerprint density at radius 3 is 2.93 bits per heavy atom. The average molecular weight is 199 g/mol. The molecule has 1 N–H and O–H groups in total. The highest BCUT2D eigenvalue weighted by Gasteiger charge is 2.39. The highest BCUT2D eigenvalue weighted by Crippen LogP contribution is 2.48. The Labute approximate surface area is 90.9 Å². The molecule has 78 valence electrons. The molecule has 2 atom stereocenters. The minimum Gasteiger partial charge on any atom is -0.309 e. The summed E-state index contributed by atoms with van der Waals surface area (Å²) in [6, 6.07) is 7.66. The van der Waals surface area contributed by atoms with Gasteiger partial charge in [-0.1, -0.05) is 18.2 Å². The van der Waals surface area contributed by atoms with Crippen LogP contribution in [0.2, 0.25) is 0 Å². The summed E-state index contributed by atoms with van der Waals surface area (Å²) in [5.41, 5.74) is 5.02. The van der Waals surface area contributed by atoms with E-state index in [4.69, 9.17) is 0 Å². The van der Waals surface area contributed by atoms with E-state index in [0.29, 0.717) is 6.04 Å². The predicted molar refractivity (Wildman–Crippen MR) is 61.0 cm³/mol. The van der Waals surface area contributed by atoms with Gasteiger partial charge in [-0.05, 0) is 54.2 Å². The van der Waals surface area contributed by atoms with E-state index < -0.39 is 0 Å².